The lowest BCUT2D eigenvalue weighted by molar-refractivity contribution is -0.132. The first-order valence-corrected chi connectivity index (χ1v) is 8.58. The first-order chi connectivity index (χ1) is 12.1. The third kappa shape index (κ3) is 4.05. The number of fused-ring (bicyclic) bond motifs is 1. The van der Waals surface area contributed by atoms with Gasteiger partial charge in [-0.25, -0.2) is 4.99 Å². The molecule has 0 saturated carbocycles. The molecule has 1 aromatic heterocycles. The minimum absolute atomic E-state index is 0.147. The van der Waals surface area contributed by atoms with Crippen LogP contribution in [0.15, 0.2) is 40.3 Å². The average molecular weight is 396 g/mol. The van der Waals surface area contributed by atoms with Gasteiger partial charge in [0.05, 0.1) is 16.6 Å². The second-order valence-corrected chi connectivity index (χ2v) is 6.90. The number of hydrogen-bond acceptors (Lipinski definition) is 7. The number of carbonyl (C=O) groups is 2. The standard InChI is InChI=1S/C15H11Cl2N5O2S/c16-10-4-2-1-3-8(10)14-9-5-11(17)25-15(9)19-12(6-18-14)20-22-21-13(24)7-23/h1-5,7,22H,6H2,(H,19,20)(H,21,24). The topological polar surface area (TPSA) is 95.0 Å². The monoisotopic (exact) mass is 395 g/mol. The average Bonchev–Trinajstić information content (AvgIpc) is 2.87. The highest BCUT2D eigenvalue weighted by Gasteiger charge is 2.20. The number of halogens is 2. The van der Waals surface area contributed by atoms with E-state index in [4.69, 9.17) is 23.2 Å². The number of thiophene rings is 1. The highest BCUT2D eigenvalue weighted by atomic mass is 35.5. The number of amidine groups is 1. The van der Waals surface area contributed by atoms with E-state index in [1.165, 1.54) is 11.3 Å². The van der Waals surface area contributed by atoms with E-state index in [1.807, 2.05) is 18.2 Å². The summed E-state index contributed by atoms with van der Waals surface area (Å²) in [5.41, 5.74) is 9.47. The van der Waals surface area contributed by atoms with Crippen LogP contribution < -0.4 is 16.4 Å². The molecule has 1 aromatic carbocycles. The number of aliphatic imine (C=N–C) groups is 2. The number of amides is 1. The Balaban J connectivity index is 1.91. The highest BCUT2D eigenvalue weighted by molar-refractivity contribution is 7.20. The number of carbonyl (C=O) groups excluding carboxylic acids is 2. The Morgan fingerprint density at radius 2 is 2.04 bits per heavy atom. The van der Waals surface area contributed by atoms with Gasteiger partial charge in [-0.2, -0.15) is 0 Å². The lowest BCUT2D eigenvalue weighted by atomic mass is 10.0. The lowest BCUT2D eigenvalue weighted by Gasteiger charge is -2.08. The molecule has 0 unspecified atom stereocenters. The predicted molar refractivity (Wildman–Crippen MR) is 98.9 cm³/mol. The third-order valence-electron chi connectivity index (χ3n) is 3.19. The Labute approximate surface area is 156 Å². The molecular weight excluding hydrogens is 385 g/mol. The fourth-order valence-electron chi connectivity index (χ4n) is 2.15. The van der Waals surface area contributed by atoms with E-state index in [0.29, 0.717) is 25.9 Å². The SMILES string of the molecule is O=CC(=O)NNNC1=Nc2sc(Cl)cc2C(c2ccccc2Cl)=NC1. The number of aldehydes is 1. The Morgan fingerprint density at radius 3 is 2.80 bits per heavy atom. The molecule has 0 saturated heterocycles. The van der Waals surface area contributed by atoms with E-state index >= 15 is 0 Å². The van der Waals surface area contributed by atoms with Crippen LogP contribution >= 0.6 is 34.5 Å². The Hall–Kier alpha value is -2.26. The number of hydrazine groups is 2. The van der Waals surface area contributed by atoms with Crippen molar-refractivity contribution in [3.8, 4) is 0 Å². The molecule has 25 heavy (non-hydrogen) atoms. The minimum atomic E-state index is -0.818. The van der Waals surface area contributed by atoms with Crippen molar-refractivity contribution in [1.29, 1.82) is 0 Å². The molecule has 1 aliphatic rings. The van der Waals surface area contributed by atoms with Crippen molar-refractivity contribution < 1.29 is 9.59 Å². The summed E-state index contributed by atoms with van der Waals surface area (Å²) >= 11 is 13.7. The number of nitrogens with zero attached hydrogens (tertiary/aromatic N) is 2. The van der Waals surface area contributed by atoms with Crippen molar-refractivity contribution in [2.75, 3.05) is 6.54 Å². The largest absolute Gasteiger partial charge is 0.299 e. The minimum Gasteiger partial charge on any atom is -0.292 e. The summed E-state index contributed by atoms with van der Waals surface area (Å²) in [6.45, 7) is 0.212. The van der Waals surface area contributed by atoms with Crippen LogP contribution in [0.5, 0.6) is 0 Å². The first kappa shape index (κ1) is 17.6. The molecule has 0 bridgehead atoms. The maximum absolute atomic E-state index is 10.9. The van der Waals surface area contributed by atoms with E-state index in [2.05, 4.69) is 26.4 Å². The van der Waals surface area contributed by atoms with Crippen LogP contribution in [-0.2, 0) is 9.59 Å². The van der Waals surface area contributed by atoms with Crippen molar-refractivity contribution >= 4 is 63.3 Å². The zero-order valence-corrected chi connectivity index (χ0v) is 14.9. The van der Waals surface area contributed by atoms with Crippen molar-refractivity contribution in [1.82, 2.24) is 16.4 Å². The lowest BCUT2D eigenvalue weighted by Crippen LogP contribution is -2.50. The van der Waals surface area contributed by atoms with E-state index in [9.17, 15) is 9.59 Å². The van der Waals surface area contributed by atoms with E-state index in [1.54, 1.807) is 12.1 Å². The summed E-state index contributed by atoms with van der Waals surface area (Å²) in [4.78, 5) is 30.2. The molecule has 2 heterocycles. The van der Waals surface area contributed by atoms with Crippen LogP contribution in [0, 0.1) is 0 Å². The van der Waals surface area contributed by atoms with Gasteiger partial charge in [0.1, 0.15) is 10.8 Å². The maximum Gasteiger partial charge on any atom is 0.299 e. The molecule has 1 aliphatic heterocycles. The Kier molecular flexibility index (Phi) is 5.44. The molecule has 0 spiro atoms. The zero-order valence-electron chi connectivity index (χ0n) is 12.5. The number of rotatable bonds is 4. The number of benzene rings is 1. The van der Waals surface area contributed by atoms with Crippen molar-refractivity contribution in [2.45, 2.75) is 0 Å². The number of hydrogen-bond donors (Lipinski definition) is 3. The van der Waals surface area contributed by atoms with Crippen LogP contribution in [0.4, 0.5) is 5.00 Å². The molecule has 0 fully saturated rings. The van der Waals surface area contributed by atoms with E-state index in [-0.39, 0.29) is 12.8 Å². The van der Waals surface area contributed by atoms with E-state index in [0.717, 1.165) is 11.1 Å². The van der Waals surface area contributed by atoms with Gasteiger partial charge in [-0.3, -0.25) is 25.4 Å². The molecule has 3 rings (SSSR count). The van der Waals surface area contributed by atoms with Gasteiger partial charge < -0.3 is 0 Å². The number of nitrogens with one attached hydrogen (secondary N) is 3. The van der Waals surface area contributed by atoms with Gasteiger partial charge in [-0.15, -0.1) is 16.9 Å². The molecule has 0 atom stereocenters. The smallest absolute Gasteiger partial charge is 0.292 e. The molecule has 0 radical (unpaired) electrons. The third-order valence-corrected chi connectivity index (χ3v) is 4.68. The molecule has 2 aromatic rings. The van der Waals surface area contributed by atoms with Crippen molar-refractivity contribution in [3.05, 3.63) is 50.8 Å². The van der Waals surface area contributed by atoms with Crippen LogP contribution in [0.25, 0.3) is 0 Å². The quantitative estimate of drug-likeness (QED) is 0.420. The van der Waals surface area contributed by atoms with Gasteiger partial charge in [0.2, 0.25) is 6.29 Å². The summed E-state index contributed by atoms with van der Waals surface area (Å²) in [7, 11) is 0. The summed E-state index contributed by atoms with van der Waals surface area (Å²) in [5.74, 6) is -0.380. The molecule has 128 valence electrons. The molecule has 10 heteroatoms. The fraction of sp³-hybridized carbons (Fsp3) is 0.0667. The molecule has 7 nitrogen and oxygen atoms in total. The molecule has 3 N–H and O–H groups in total. The second-order valence-electron chi connectivity index (χ2n) is 4.83. The normalized spacial score (nSPS) is 13.2. The van der Waals surface area contributed by atoms with Crippen LogP contribution in [0.3, 0.4) is 0 Å². The molecular formula is C15H11Cl2N5O2S. The Morgan fingerprint density at radius 1 is 1.24 bits per heavy atom. The zero-order chi connectivity index (χ0) is 17.8. The molecule has 0 aliphatic carbocycles. The summed E-state index contributed by atoms with van der Waals surface area (Å²) < 4.78 is 0.567. The summed E-state index contributed by atoms with van der Waals surface area (Å²) in [6.07, 6.45) is 0.147. The predicted octanol–water partition coefficient (Wildman–Crippen LogP) is 2.26. The first-order valence-electron chi connectivity index (χ1n) is 7.01. The van der Waals surface area contributed by atoms with Gasteiger partial charge in [0.25, 0.3) is 5.91 Å². The van der Waals surface area contributed by atoms with Gasteiger partial charge >= 0.3 is 0 Å². The summed E-state index contributed by atoms with van der Waals surface area (Å²) in [5, 5.41) is 1.23. The van der Waals surface area contributed by atoms with Gasteiger partial charge in [0.15, 0.2) is 0 Å². The van der Waals surface area contributed by atoms with Crippen LogP contribution in [0.1, 0.15) is 11.1 Å². The second kappa shape index (κ2) is 7.75. The van der Waals surface area contributed by atoms with Crippen LogP contribution in [-0.4, -0.2) is 30.3 Å². The van der Waals surface area contributed by atoms with Crippen LogP contribution in [0.2, 0.25) is 9.36 Å². The van der Waals surface area contributed by atoms with Crippen molar-refractivity contribution in [2.24, 2.45) is 9.98 Å². The maximum atomic E-state index is 10.9. The summed E-state index contributed by atoms with van der Waals surface area (Å²) in [6, 6.07) is 9.16. The highest BCUT2D eigenvalue weighted by Crippen LogP contribution is 2.37. The Bertz CT molecular complexity index is 894. The fourth-order valence-corrected chi connectivity index (χ4v) is 3.48. The van der Waals surface area contributed by atoms with E-state index < -0.39 is 5.91 Å². The van der Waals surface area contributed by atoms with Gasteiger partial charge in [-0.1, -0.05) is 41.4 Å². The van der Waals surface area contributed by atoms with Gasteiger partial charge in [0, 0.05) is 16.1 Å². The van der Waals surface area contributed by atoms with Gasteiger partial charge in [-0.05, 0) is 12.1 Å². The molecule has 1 amide bonds. The van der Waals surface area contributed by atoms with Crippen molar-refractivity contribution in [3.63, 3.8) is 0 Å².